The highest BCUT2D eigenvalue weighted by Crippen LogP contribution is 2.19. The van der Waals surface area contributed by atoms with Gasteiger partial charge >= 0.3 is 5.97 Å². The summed E-state index contributed by atoms with van der Waals surface area (Å²) in [4.78, 5) is 11.5. The number of carboxylic acids is 1. The lowest BCUT2D eigenvalue weighted by molar-refractivity contribution is -0.141. The van der Waals surface area contributed by atoms with E-state index in [1.807, 2.05) is 38.1 Å². The van der Waals surface area contributed by atoms with Crippen molar-refractivity contribution in [2.45, 2.75) is 26.7 Å². The van der Waals surface area contributed by atoms with Crippen molar-refractivity contribution < 1.29 is 14.3 Å². The molecule has 0 fully saturated rings. The molecule has 21 heavy (non-hydrogen) atoms. The fourth-order valence-electron chi connectivity index (χ4n) is 2.41. The number of benzene rings is 2. The summed E-state index contributed by atoms with van der Waals surface area (Å²) in [6.45, 7) is 3.81. The van der Waals surface area contributed by atoms with Gasteiger partial charge in [-0.25, -0.2) is 4.39 Å². The molecule has 2 aromatic carbocycles. The SMILES string of the molecule is Cc1ccc(CC(Cc2ccc(F)cc2C)C(=O)O)cc1. The molecule has 0 aliphatic heterocycles. The van der Waals surface area contributed by atoms with Crippen LogP contribution >= 0.6 is 0 Å². The van der Waals surface area contributed by atoms with Crippen LogP contribution in [0.15, 0.2) is 42.5 Å². The van der Waals surface area contributed by atoms with Gasteiger partial charge in [-0.05, 0) is 55.5 Å². The van der Waals surface area contributed by atoms with E-state index in [0.29, 0.717) is 12.8 Å². The molecular formula is C18H19FO2. The van der Waals surface area contributed by atoms with Gasteiger partial charge in [-0.1, -0.05) is 35.9 Å². The van der Waals surface area contributed by atoms with E-state index in [0.717, 1.165) is 22.3 Å². The maximum atomic E-state index is 13.1. The third-order valence-electron chi connectivity index (χ3n) is 3.72. The molecule has 1 unspecified atom stereocenters. The van der Waals surface area contributed by atoms with Crippen LogP contribution in [-0.2, 0) is 17.6 Å². The lowest BCUT2D eigenvalue weighted by Gasteiger charge is -2.14. The largest absolute Gasteiger partial charge is 0.481 e. The molecule has 0 spiro atoms. The minimum Gasteiger partial charge on any atom is -0.481 e. The third-order valence-corrected chi connectivity index (χ3v) is 3.72. The second-order valence-corrected chi connectivity index (χ2v) is 5.50. The van der Waals surface area contributed by atoms with Crippen molar-refractivity contribution in [2.24, 2.45) is 5.92 Å². The minimum atomic E-state index is -0.820. The summed E-state index contributed by atoms with van der Waals surface area (Å²) in [5.41, 5.74) is 3.84. The number of hydrogen-bond acceptors (Lipinski definition) is 1. The Morgan fingerprint density at radius 1 is 1.10 bits per heavy atom. The monoisotopic (exact) mass is 286 g/mol. The van der Waals surface area contributed by atoms with Crippen LogP contribution in [0.2, 0.25) is 0 Å². The Morgan fingerprint density at radius 3 is 2.33 bits per heavy atom. The van der Waals surface area contributed by atoms with Crippen molar-refractivity contribution in [1.29, 1.82) is 0 Å². The smallest absolute Gasteiger partial charge is 0.307 e. The third kappa shape index (κ3) is 4.15. The Hall–Kier alpha value is -2.16. The highest BCUT2D eigenvalue weighted by atomic mass is 19.1. The number of carboxylic acid groups (broad SMARTS) is 1. The second kappa shape index (κ2) is 6.53. The van der Waals surface area contributed by atoms with Gasteiger partial charge in [0.05, 0.1) is 5.92 Å². The molecule has 1 atom stereocenters. The molecule has 2 aromatic rings. The van der Waals surface area contributed by atoms with Gasteiger partial charge in [0.2, 0.25) is 0 Å². The van der Waals surface area contributed by atoms with Gasteiger partial charge in [0.15, 0.2) is 0 Å². The van der Waals surface area contributed by atoms with Crippen molar-refractivity contribution in [3.05, 3.63) is 70.5 Å². The topological polar surface area (TPSA) is 37.3 Å². The van der Waals surface area contributed by atoms with E-state index in [9.17, 15) is 14.3 Å². The fourth-order valence-corrected chi connectivity index (χ4v) is 2.41. The van der Waals surface area contributed by atoms with E-state index in [1.54, 1.807) is 6.07 Å². The minimum absolute atomic E-state index is 0.290. The van der Waals surface area contributed by atoms with E-state index in [4.69, 9.17) is 0 Å². The quantitative estimate of drug-likeness (QED) is 0.904. The van der Waals surface area contributed by atoms with Gasteiger partial charge in [0.1, 0.15) is 5.82 Å². The first-order valence-corrected chi connectivity index (χ1v) is 6.99. The van der Waals surface area contributed by atoms with Gasteiger partial charge in [-0.15, -0.1) is 0 Å². The molecule has 0 amide bonds. The average molecular weight is 286 g/mol. The maximum absolute atomic E-state index is 13.1. The molecule has 2 nitrogen and oxygen atoms in total. The van der Waals surface area contributed by atoms with Gasteiger partial charge in [-0.3, -0.25) is 4.79 Å². The number of carbonyl (C=O) groups is 1. The van der Waals surface area contributed by atoms with Crippen LogP contribution in [0.1, 0.15) is 22.3 Å². The predicted octanol–water partition coefficient (Wildman–Crippen LogP) is 3.93. The van der Waals surface area contributed by atoms with E-state index in [1.165, 1.54) is 12.1 Å². The molecule has 0 aliphatic rings. The Morgan fingerprint density at radius 2 is 1.76 bits per heavy atom. The first kappa shape index (κ1) is 15.2. The van der Waals surface area contributed by atoms with E-state index in [-0.39, 0.29) is 5.82 Å². The predicted molar refractivity (Wildman–Crippen MR) is 80.8 cm³/mol. The molecule has 2 rings (SSSR count). The van der Waals surface area contributed by atoms with Crippen LogP contribution in [0, 0.1) is 25.6 Å². The van der Waals surface area contributed by atoms with Gasteiger partial charge in [-0.2, -0.15) is 0 Å². The zero-order chi connectivity index (χ0) is 15.4. The van der Waals surface area contributed by atoms with Gasteiger partial charge in [0.25, 0.3) is 0 Å². The Kier molecular flexibility index (Phi) is 4.73. The van der Waals surface area contributed by atoms with E-state index in [2.05, 4.69) is 0 Å². The molecule has 1 N–H and O–H groups in total. The zero-order valence-electron chi connectivity index (χ0n) is 12.3. The Balaban J connectivity index is 2.15. The summed E-state index contributed by atoms with van der Waals surface area (Å²) >= 11 is 0. The normalized spacial score (nSPS) is 12.1. The first-order valence-electron chi connectivity index (χ1n) is 6.99. The Labute approximate surface area is 124 Å². The van der Waals surface area contributed by atoms with Crippen LogP contribution in [-0.4, -0.2) is 11.1 Å². The molecule has 0 heterocycles. The molecule has 3 heteroatoms. The highest BCUT2D eigenvalue weighted by Gasteiger charge is 2.19. The van der Waals surface area contributed by atoms with Gasteiger partial charge < -0.3 is 5.11 Å². The first-order chi connectivity index (χ1) is 9.95. The lowest BCUT2D eigenvalue weighted by atomic mass is 9.90. The second-order valence-electron chi connectivity index (χ2n) is 5.50. The molecule has 0 aliphatic carbocycles. The number of halogens is 1. The van der Waals surface area contributed by atoms with Crippen LogP contribution in [0.25, 0.3) is 0 Å². The fraction of sp³-hybridized carbons (Fsp3) is 0.278. The summed E-state index contributed by atoms with van der Waals surface area (Å²) < 4.78 is 13.1. The maximum Gasteiger partial charge on any atom is 0.307 e. The van der Waals surface area contributed by atoms with Crippen LogP contribution < -0.4 is 0 Å². The average Bonchev–Trinajstić information content (AvgIpc) is 2.43. The zero-order valence-corrected chi connectivity index (χ0v) is 12.3. The lowest BCUT2D eigenvalue weighted by Crippen LogP contribution is -2.19. The number of hydrogen-bond donors (Lipinski definition) is 1. The summed E-state index contributed by atoms with van der Waals surface area (Å²) in [5.74, 6) is -1.61. The summed E-state index contributed by atoms with van der Waals surface area (Å²) in [5, 5.41) is 9.42. The van der Waals surface area contributed by atoms with E-state index < -0.39 is 11.9 Å². The highest BCUT2D eigenvalue weighted by molar-refractivity contribution is 5.71. The standard InChI is InChI=1S/C18H19FO2/c1-12-3-5-14(6-4-12)10-16(18(20)21)11-15-7-8-17(19)9-13(15)2/h3-9,16H,10-11H2,1-2H3,(H,20,21). The van der Waals surface area contributed by atoms with Crippen LogP contribution in [0.4, 0.5) is 4.39 Å². The summed E-state index contributed by atoms with van der Waals surface area (Å²) in [7, 11) is 0. The summed E-state index contributed by atoms with van der Waals surface area (Å²) in [6, 6.07) is 12.4. The molecular weight excluding hydrogens is 267 g/mol. The van der Waals surface area contributed by atoms with E-state index >= 15 is 0 Å². The number of aliphatic carboxylic acids is 1. The van der Waals surface area contributed by atoms with Crippen molar-refractivity contribution in [3.8, 4) is 0 Å². The Bertz CT molecular complexity index is 632. The molecule has 110 valence electrons. The molecule has 0 bridgehead atoms. The molecule has 0 aromatic heterocycles. The van der Waals surface area contributed by atoms with Crippen molar-refractivity contribution in [3.63, 3.8) is 0 Å². The van der Waals surface area contributed by atoms with Crippen LogP contribution in [0.5, 0.6) is 0 Å². The van der Waals surface area contributed by atoms with Crippen LogP contribution in [0.3, 0.4) is 0 Å². The molecule has 0 saturated carbocycles. The number of rotatable bonds is 5. The number of aryl methyl sites for hydroxylation is 2. The van der Waals surface area contributed by atoms with Crippen molar-refractivity contribution >= 4 is 5.97 Å². The molecule has 0 radical (unpaired) electrons. The van der Waals surface area contributed by atoms with Crippen molar-refractivity contribution in [2.75, 3.05) is 0 Å². The van der Waals surface area contributed by atoms with Gasteiger partial charge in [0, 0.05) is 0 Å². The summed E-state index contributed by atoms with van der Waals surface area (Å²) in [6.07, 6.45) is 0.891. The van der Waals surface area contributed by atoms with Crippen molar-refractivity contribution in [1.82, 2.24) is 0 Å². The molecule has 0 saturated heterocycles.